The molecule has 0 fully saturated rings. The number of rotatable bonds is 4. The number of para-hydroxylation sites is 1. The minimum absolute atomic E-state index is 0.0677. The lowest BCUT2D eigenvalue weighted by molar-refractivity contribution is -0.116. The Morgan fingerprint density at radius 1 is 1.44 bits per heavy atom. The predicted octanol–water partition coefficient (Wildman–Crippen LogP) is 1.03. The van der Waals surface area contributed by atoms with Crippen molar-refractivity contribution < 1.29 is 4.79 Å². The number of hydrogen-bond acceptors (Lipinski definition) is 4. The Balaban J connectivity index is 1.99. The third-order valence-electron chi connectivity index (χ3n) is 2.22. The molecule has 2 rings (SSSR count). The van der Waals surface area contributed by atoms with E-state index in [0.717, 1.165) is 0 Å². The minimum Gasteiger partial charge on any atom is -0.324 e. The highest BCUT2D eigenvalue weighted by Crippen LogP contribution is 2.20. The van der Waals surface area contributed by atoms with Crippen molar-refractivity contribution in [2.24, 2.45) is 5.73 Å². The highest BCUT2D eigenvalue weighted by atomic mass is 35.5. The fraction of sp³-hybridized carbons (Fsp3) is 0.182. The van der Waals surface area contributed by atoms with Crippen LogP contribution in [0.4, 0.5) is 5.69 Å². The zero-order chi connectivity index (χ0) is 13.0. The maximum atomic E-state index is 11.7. The molecule has 0 saturated heterocycles. The van der Waals surface area contributed by atoms with E-state index in [1.807, 2.05) is 0 Å². The number of nitrogens with two attached hydrogens (primary N) is 1. The highest BCUT2D eigenvalue weighted by Gasteiger charge is 2.07. The Kier molecular flexibility index (Phi) is 3.91. The van der Waals surface area contributed by atoms with Gasteiger partial charge in [0.25, 0.3) is 0 Å². The third kappa shape index (κ3) is 3.06. The average Bonchev–Trinajstić information content (AvgIpc) is 2.80. The first-order valence-electron chi connectivity index (χ1n) is 5.32. The van der Waals surface area contributed by atoms with Crippen molar-refractivity contribution in [1.29, 1.82) is 0 Å². The summed E-state index contributed by atoms with van der Waals surface area (Å²) in [6.45, 7) is 0.317. The van der Waals surface area contributed by atoms with Crippen LogP contribution in [0.3, 0.4) is 0 Å². The van der Waals surface area contributed by atoms with E-state index in [1.54, 1.807) is 24.3 Å². The van der Waals surface area contributed by atoms with Gasteiger partial charge in [0.15, 0.2) is 5.82 Å². The Bertz CT molecular complexity index is 554. The van der Waals surface area contributed by atoms with Gasteiger partial charge in [0, 0.05) is 0 Å². The smallest absolute Gasteiger partial charge is 0.246 e. The summed E-state index contributed by atoms with van der Waals surface area (Å²) in [5, 5.41) is 7.21. The molecule has 94 valence electrons. The SMILES string of the molecule is NCc1ncn(CC(=O)Nc2ccccc2Cl)n1. The van der Waals surface area contributed by atoms with Gasteiger partial charge in [-0.3, -0.25) is 4.79 Å². The van der Waals surface area contributed by atoms with Crippen LogP contribution < -0.4 is 11.1 Å². The Morgan fingerprint density at radius 2 is 2.22 bits per heavy atom. The van der Waals surface area contributed by atoms with Crippen molar-refractivity contribution in [1.82, 2.24) is 14.8 Å². The van der Waals surface area contributed by atoms with Crippen molar-refractivity contribution in [3.8, 4) is 0 Å². The zero-order valence-electron chi connectivity index (χ0n) is 9.51. The number of carbonyl (C=O) groups excluding carboxylic acids is 1. The van der Waals surface area contributed by atoms with Crippen LogP contribution in [0.2, 0.25) is 5.02 Å². The summed E-state index contributed by atoms with van der Waals surface area (Å²) in [5.74, 6) is 0.275. The number of hydrogen-bond donors (Lipinski definition) is 2. The van der Waals surface area contributed by atoms with Crippen LogP contribution in [0.5, 0.6) is 0 Å². The molecule has 0 bridgehead atoms. The Morgan fingerprint density at radius 3 is 2.89 bits per heavy atom. The fourth-order valence-corrected chi connectivity index (χ4v) is 1.59. The number of benzene rings is 1. The Hall–Kier alpha value is -1.92. The molecule has 18 heavy (non-hydrogen) atoms. The van der Waals surface area contributed by atoms with Gasteiger partial charge in [-0.1, -0.05) is 23.7 Å². The molecule has 1 aromatic heterocycles. The van der Waals surface area contributed by atoms with Gasteiger partial charge in [0.05, 0.1) is 17.3 Å². The molecule has 2 aromatic rings. The van der Waals surface area contributed by atoms with E-state index in [0.29, 0.717) is 16.5 Å². The molecule has 6 nitrogen and oxygen atoms in total. The van der Waals surface area contributed by atoms with Gasteiger partial charge in [-0.25, -0.2) is 9.67 Å². The van der Waals surface area contributed by atoms with Crippen LogP contribution in [-0.2, 0) is 17.9 Å². The van der Waals surface area contributed by atoms with Crippen LogP contribution in [0.25, 0.3) is 0 Å². The van der Waals surface area contributed by atoms with Crippen LogP contribution in [0, 0.1) is 0 Å². The number of halogens is 1. The van der Waals surface area contributed by atoms with E-state index in [4.69, 9.17) is 17.3 Å². The third-order valence-corrected chi connectivity index (χ3v) is 2.55. The van der Waals surface area contributed by atoms with E-state index in [9.17, 15) is 4.79 Å². The van der Waals surface area contributed by atoms with Crippen LogP contribution in [-0.4, -0.2) is 20.7 Å². The Labute approximate surface area is 109 Å². The van der Waals surface area contributed by atoms with Crippen LogP contribution in [0.1, 0.15) is 5.82 Å². The summed E-state index contributed by atoms with van der Waals surface area (Å²) < 4.78 is 1.42. The minimum atomic E-state index is -0.225. The molecule has 0 radical (unpaired) electrons. The molecule has 7 heteroatoms. The maximum Gasteiger partial charge on any atom is 0.246 e. The standard InChI is InChI=1S/C11H12ClN5O/c12-8-3-1-2-4-9(8)15-11(18)6-17-7-14-10(5-13)16-17/h1-4,7H,5-6,13H2,(H,15,18). The predicted molar refractivity (Wildman–Crippen MR) is 68.0 cm³/mol. The molecule has 0 atom stereocenters. The molecule has 0 aliphatic heterocycles. The summed E-state index contributed by atoms with van der Waals surface area (Å²) in [7, 11) is 0. The van der Waals surface area contributed by atoms with Gasteiger partial charge >= 0.3 is 0 Å². The van der Waals surface area contributed by atoms with Gasteiger partial charge in [0.1, 0.15) is 12.9 Å². The normalized spacial score (nSPS) is 10.3. The van der Waals surface area contributed by atoms with E-state index in [1.165, 1.54) is 11.0 Å². The van der Waals surface area contributed by atoms with Gasteiger partial charge in [-0.15, -0.1) is 0 Å². The molecule has 0 aliphatic rings. The molecular weight excluding hydrogens is 254 g/mol. The number of nitrogens with one attached hydrogen (secondary N) is 1. The molecule has 3 N–H and O–H groups in total. The second-order valence-electron chi connectivity index (χ2n) is 3.59. The zero-order valence-corrected chi connectivity index (χ0v) is 10.3. The first kappa shape index (κ1) is 12.5. The number of carbonyl (C=O) groups is 1. The average molecular weight is 266 g/mol. The lowest BCUT2D eigenvalue weighted by Crippen LogP contribution is -2.19. The molecular formula is C11H12ClN5O. The summed E-state index contributed by atoms with van der Waals surface area (Å²) >= 11 is 5.93. The molecule has 0 saturated carbocycles. The van der Waals surface area contributed by atoms with Crippen molar-refractivity contribution in [3.63, 3.8) is 0 Å². The molecule has 0 aliphatic carbocycles. The van der Waals surface area contributed by atoms with Crippen molar-refractivity contribution in [3.05, 3.63) is 41.4 Å². The molecule has 1 heterocycles. The molecule has 0 spiro atoms. The maximum absolute atomic E-state index is 11.7. The van der Waals surface area contributed by atoms with Crippen LogP contribution in [0.15, 0.2) is 30.6 Å². The number of anilines is 1. The van der Waals surface area contributed by atoms with Gasteiger partial charge in [0.2, 0.25) is 5.91 Å². The number of nitrogens with zero attached hydrogens (tertiary/aromatic N) is 3. The second kappa shape index (κ2) is 5.61. The first-order valence-corrected chi connectivity index (χ1v) is 5.69. The number of amides is 1. The topological polar surface area (TPSA) is 85.8 Å². The summed E-state index contributed by atoms with van der Waals surface area (Å²) in [6, 6.07) is 7.03. The molecule has 1 aromatic carbocycles. The highest BCUT2D eigenvalue weighted by molar-refractivity contribution is 6.33. The van der Waals surface area contributed by atoms with E-state index < -0.39 is 0 Å². The van der Waals surface area contributed by atoms with E-state index >= 15 is 0 Å². The van der Waals surface area contributed by atoms with Crippen molar-refractivity contribution >= 4 is 23.2 Å². The van der Waals surface area contributed by atoms with Gasteiger partial charge < -0.3 is 11.1 Å². The quantitative estimate of drug-likeness (QED) is 0.865. The summed E-state index contributed by atoms with van der Waals surface area (Å²) in [6.07, 6.45) is 1.47. The van der Waals surface area contributed by atoms with E-state index in [2.05, 4.69) is 15.4 Å². The monoisotopic (exact) mass is 265 g/mol. The lowest BCUT2D eigenvalue weighted by Gasteiger charge is -2.06. The van der Waals surface area contributed by atoms with Crippen molar-refractivity contribution in [2.45, 2.75) is 13.1 Å². The van der Waals surface area contributed by atoms with Gasteiger partial charge in [-0.2, -0.15) is 5.10 Å². The fourth-order valence-electron chi connectivity index (χ4n) is 1.40. The molecule has 1 amide bonds. The largest absolute Gasteiger partial charge is 0.324 e. The first-order chi connectivity index (χ1) is 8.69. The van der Waals surface area contributed by atoms with Crippen LogP contribution >= 0.6 is 11.6 Å². The molecule has 0 unspecified atom stereocenters. The summed E-state index contributed by atoms with van der Waals surface area (Å²) in [5.41, 5.74) is 5.95. The lowest BCUT2D eigenvalue weighted by atomic mass is 10.3. The second-order valence-corrected chi connectivity index (χ2v) is 4.00. The van der Waals surface area contributed by atoms with E-state index in [-0.39, 0.29) is 19.0 Å². The van der Waals surface area contributed by atoms with Crippen molar-refractivity contribution in [2.75, 3.05) is 5.32 Å². The number of aromatic nitrogens is 3. The van der Waals surface area contributed by atoms with Gasteiger partial charge in [-0.05, 0) is 12.1 Å². The summed E-state index contributed by atoms with van der Waals surface area (Å²) in [4.78, 5) is 15.7.